The van der Waals surface area contributed by atoms with E-state index in [9.17, 15) is 9.59 Å². The van der Waals surface area contributed by atoms with Crippen molar-refractivity contribution in [3.63, 3.8) is 0 Å². The SMILES string of the molecule is O=c1c(=O)n(Cc2ccccc2)c2ccc(Cl)cc2n1CCOc1ccccc1. The molecule has 0 atom stereocenters. The predicted octanol–water partition coefficient (Wildman–Crippen LogP) is 3.94. The summed E-state index contributed by atoms with van der Waals surface area (Å²) >= 11 is 6.19. The second kappa shape index (κ2) is 8.37. The summed E-state index contributed by atoms with van der Waals surface area (Å²) in [6.07, 6.45) is 0. The third kappa shape index (κ3) is 4.10. The van der Waals surface area contributed by atoms with Gasteiger partial charge in [-0.15, -0.1) is 0 Å². The number of halogens is 1. The maximum absolute atomic E-state index is 12.9. The number of fused-ring (bicyclic) bond motifs is 1. The van der Waals surface area contributed by atoms with Crippen LogP contribution in [0.5, 0.6) is 5.75 Å². The minimum atomic E-state index is -0.590. The van der Waals surface area contributed by atoms with E-state index in [0.29, 0.717) is 28.4 Å². The summed E-state index contributed by atoms with van der Waals surface area (Å²) in [4.78, 5) is 25.8. The minimum absolute atomic E-state index is 0.242. The van der Waals surface area contributed by atoms with Crippen molar-refractivity contribution in [3.05, 3.63) is 110 Å². The van der Waals surface area contributed by atoms with E-state index in [1.165, 1.54) is 9.13 Å². The van der Waals surface area contributed by atoms with E-state index >= 15 is 0 Å². The molecule has 3 aromatic carbocycles. The summed E-state index contributed by atoms with van der Waals surface area (Å²) in [6, 6.07) is 24.1. The molecule has 0 amide bonds. The fourth-order valence-corrected chi connectivity index (χ4v) is 3.47. The molecule has 4 rings (SSSR count). The van der Waals surface area contributed by atoms with Crippen molar-refractivity contribution in [3.8, 4) is 5.75 Å². The predicted molar refractivity (Wildman–Crippen MR) is 115 cm³/mol. The number of aromatic nitrogens is 2. The minimum Gasteiger partial charge on any atom is -0.492 e. The van der Waals surface area contributed by atoms with Gasteiger partial charge in [0.2, 0.25) is 0 Å². The van der Waals surface area contributed by atoms with Gasteiger partial charge in [0.25, 0.3) is 0 Å². The van der Waals surface area contributed by atoms with Crippen LogP contribution in [-0.2, 0) is 13.1 Å². The third-order valence-corrected chi connectivity index (χ3v) is 4.94. The zero-order valence-electron chi connectivity index (χ0n) is 15.6. The van der Waals surface area contributed by atoms with E-state index in [1.54, 1.807) is 18.2 Å². The van der Waals surface area contributed by atoms with E-state index in [0.717, 1.165) is 5.56 Å². The van der Waals surface area contributed by atoms with Gasteiger partial charge in [-0.25, -0.2) is 0 Å². The van der Waals surface area contributed by atoms with Crippen LogP contribution in [0.15, 0.2) is 88.5 Å². The average Bonchev–Trinajstić information content (AvgIpc) is 2.75. The van der Waals surface area contributed by atoms with E-state index < -0.39 is 11.1 Å². The van der Waals surface area contributed by atoms with Crippen LogP contribution < -0.4 is 15.9 Å². The maximum Gasteiger partial charge on any atom is 0.317 e. The fraction of sp³-hybridized carbons (Fsp3) is 0.130. The van der Waals surface area contributed by atoms with Gasteiger partial charge < -0.3 is 4.74 Å². The highest BCUT2D eigenvalue weighted by atomic mass is 35.5. The quantitative estimate of drug-likeness (QED) is 0.456. The first-order valence-corrected chi connectivity index (χ1v) is 9.66. The molecule has 146 valence electrons. The zero-order chi connectivity index (χ0) is 20.2. The molecule has 0 bridgehead atoms. The molecule has 0 radical (unpaired) electrons. The van der Waals surface area contributed by atoms with Crippen LogP contribution in [0.2, 0.25) is 5.02 Å². The molecular formula is C23H19ClN2O3. The molecule has 1 aromatic heterocycles. The zero-order valence-corrected chi connectivity index (χ0v) is 16.4. The van der Waals surface area contributed by atoms with Gasteiger partial charge in [0, 0.05) is 5.02 Å². The van der Waals surface area contributed by atoms with Crippen LogP contribution >= 0.6 is 11.6 Å². The second-order valence-electron chi connectivity index (χ2n) is 6.63. The van der Waals surface area contributed by atoms with Crippen LogP contribution in [0.4, 0.5) is 0 Å². The number of hydrogen-bond acceptors (Lipinski definition) is 3. The number of ether oxygens (including phenoxy) is 1. The molecule has 0 unspecified atom stereocenters. The highest BCUT2D eigenvalue weighted by Gasteiger charge is 2.14. The molecule has 0 spiro atoms. The lowest BCUT2D eigenvalue weighted by Crippen LogP contribution is -2.42. The van der Waals surface area contributed by atoms with Crippen molar-refractivity contribution in [1.29, 1.82) is 0 Å². The third-order valence-electron chi connectivity index (χ3n) is 4.70. The van der Waals surface area contributed by atoms with Gasteiger partial charge in [-0.2, -0.15) is 0 Å². The lowest BCUT2D eigenvalue weighted by Gasteiger charge is -2.16. The lowest BCUT2D eigenvalue weighted by atomic mass is 10.2. The van der Waals surface area contributed by atoms with Gasteiger partial charge in [0.15, 0.2) is 0 Å². The second-order valence-corrected chi connectivity index (χ2v) is 7.06. The Kier molecular flexibility index (Phi) is 5.49. The van der Waals surface area contributed by atoms with Crippen LogP contribution in [0, 0.1) is 0 Å². The molecule has 0 N–H and O–H groups in total. The summed E-state index contributed by atoms with van der Waals surface area (Å²) in [7, 11) is 0. The number of rotatable bonds is 6. The van der Waals surface area contributed by atoms with Gasteiger partial charge in [-0.3, -0.25) is 18.7 Å². The van der Waals surface area contributed by atoms with E-state index in [2.05, 4.69) is 0 Å². The number of para-hydroxylation sites is 1. The summed E-state index contributed by atoms with van der Waals surface area (Å²) in [5.41, 5.74) is 1.04. The van der Waals surface area contributed by atoms with Gasteiger partial charge in [0.1, 0.15) is 12.4 Å². The fourth-order valence-electron chi connectivity index (χ4n) is 3.31. The maximum atomic E-state index is 12.9. The van der Waals surface area contributed by atoms with Crippen molar-refractivity contribution in [2.45, 2.75) is 13.1 Å². The highest BCUT2D eigenvalue weighted by molar-refractivity contribution is 6.31. The molecule has 29 heavy (non-hydrogen) atoms. The smallest absolute Gasteiger partial charge is 0.317 e. The van der Waals surface area contributed by atoms with E-state index in [-0.39, 0.29) is 13.2 Å². The first kappa shape index (κ1) is 19.0. The average molecular weight is 407 g/mol. The van der Waals surface area contributed by atoms with E-state index in [1.807, 2.05) is 60.7 Å². The Bertz CT molecular complexity index is 1250. The molecule has 0 aliphatic heterocycles. The van der Waals surface area contributed by atoms with Crippen LogP contribution in [-0.4, -0.2) is 15.7 Å². The topological polar surface area (TPSA) is 53.2 Å². The number of benzene rings is 3. The summed E-state index contributed by atoms with van der Waals surface area (Å²) < 4.78 is 8.64. The van der Waals surface area contributed by atoms with Crippen LogP contribution in [0.25, 0.3) is 11.0 Å². The van der Waals surface area contributed by atoms with Crippen molar-refractivity contribution in [2.75, 3.05) is 6.61 Å². The molecule has 6 heteroatoms. The summed E-state index contributed by atoms with van der Waals surface area (Å²) in [5.74, 6) is 0.709. The Morgan fingerprint density at radius 2 is 1.41 bits per heavy atom. The molecule has 0 fully saturated rings. The molecule has 0 aliphatic rings. The van der Waals surface area contributed by atoms with Gasteiger partial charge >= 0.3 is 11.1 Å². The Labute approximate surface area is 172 Å². The van der Waals surface area contributed by atoms with Crippen molar-refractivity contribution in [2.24, 2.45) is 0 Å². The molecule has 0 saturated heterocycles. The number of nitrogens with zero attached hydrogens (tertiary/aromatic N) is 2. The van der Waals surface area contributed by atoms with E-state index in [4.69, 9.17) is 16.3 Å². The van der Waals surface area contributed by atoms with Crippen molar-refractivity contribution < 1.29 is 4.74 Å². The lowest BCUT2D eigenvalue weighted by molar-refractivity contribution is 0.298. The van der Waals surface area contributed by atoms with Gasteiger partial charge in [0.05, 0.1) is 24.1 Å². The van der Waals surface area contributed by atoms with Gasteiger partial charge in [-0.1, -0.05) is 60.1 Å². The molecule has 0 aliphatic carbocycles. The van der Waals surface area contributed by atoms with Crippen LogP contribution in [0.3, 0.4) is 0 Å². The van der Waals surface area contributed by atoms with Crippen molar-refractivity contribution in [1.82, 2.24) is 9.13 Å². The molecule has 1 heterocycles. The number of hydrogen-bond donors (Lipinski definition) is 0. The molecular weight excluding hydrogens is 388 g/mol. The monoisotopic (exact) mass is 406 g/mol. The standard InChI is InChI=1S/C23H19ClN2O3/c24-18-11-12-20-21(15-18)25(13-14-29-19-9-5-2-6-10-19)22(27)23(28)26(20)16-17-7-3-1-4-8-17/h1-12,15H,13-14,16H2. The Morgan fingerprint density at radius 3 is 2.14 bits per heavy atom. The van der Waals surface area contributed by atoms with Gasteiger partial charge in [-0.05, 0) is 35.9 Å². The normalized spacial score (nSPS) is 10.9. The Hall–Kier alpha value is -3.31. The Balaban J connectivity index is 1.74. The Morgan fingerprint density at radius 1 is 0.759 bits per heavy atom. The molecule has 0 saturated carbocycles. The van der Waals surface area contributed by atoms with Crippen LogP contribution in [0.1, 0.15) is 5.56 Å². The van der Waals surface area contributed by atoms with Crippen molar-refractivity contribution >= 4 is 22.6 Å². The first-order chi connectivity index (χ1) is 14.1. The largest absolute Gasteiger partial charge is 0.492 e. The molecule has 5 nitrogen and oxygen atoms in total. The molecule has 4 aromatic rings. The first-order valence-electron chi connectivity index (χ1n) is 9.28. The highest BCUT2D eigenvalue weighted by Crippen LogP contribution is 2.18. The summed E-state index contributed by atoms with van der Waals surface area (Å²) in [6.45, 7) is 0.814. The summed E-state index contributed by atoms with van der Waals surface area (Å²) in [5, 5.41) is 0.500.